The zero-order chi connectivity index (χ0) is 10.3. The van der Waals surface area contributed by atoms with Gasteiger partial charge in [0.2, 0.25) is 0 Å². The number of carbonyl (C=O) groups is 1. The number of aliphatic hydroxyl groups excluding tert-OH is 1. The smallest absolute Gasteiger partial charge is 0.317 e. The Morgan fingerprint density at radius 2 is 2.15 bits per heavy atom. The third kappa shape index (κ3) is 4.72. The van der Waals surface area contributed by atoms with Crippen LogP contribution in [0.5, 0.6) is 0 Å². The second-order valence-electron chi connectivity index (χ2n) is 3.24. The Labute approximate surface area is 79.9 Å². The second kappa shape index (κ2) is 6.71. The number of urea groups is 1. The number of carbonyl (C=O) groups excluding carboxylic acids is 1. The Hall–Kier alpha value is -0.770. The quantitative estimate of drug-likeness (QED) is 0.670. The summed E-state index contributed by atoms with van der Waals surface area (Å²) in [5.41, 5.74) is 0. The van der Waals surface area contributed by atoms with E-state index in [1.807, 2.05) is 20.8 Å². The molecule has 0 rings (SSSR count). The highest BCUT2D eigenvalue weighted by molar-refractivity contribution is 5.74. The van der Waals surface area contributed by atoms with E-state index in [1.165, 1.54) is 0 Å². The van der Waals surface area contributed by atoms with Crippen LogP contribution in [-0.2, 0) is 0 Å². The molecule has 2 amide bonds. The predicted octanol–water partition coefficient (Wildman–Crippen LogP) is 0.809. The van der Waals surface area contributed by atoms with Gasteiger partial charge in [-0.2, -0.15) is 0 Å². The molecule has 0 spiro atoms. The third-order valence-corrected chi connectivity index (χ3v) is 1.75. The lowest BCUT2D eigenvalue weighted by Crippen LogP contribution is -2.45. The first-order chi connectivity index (χ1) is 6.13. The molecule has 78 valence electrons. The van der Waals surface area contributed by atoms with Crippen LogP contribution in [-0.4, -0.2) is 41.8 Å². The van der Waals surface area contributed by atoms with E-state index in [-0.39, 0.29) is 18.7 Å². The van der Waals surface area contributed by atoms with Crippen molar-refractivity contribution in [3.63, 3.8) is 0 Å². The van der Waals surface area contributed by atoms with Gasteiger partial charge in [0.15, 0.2) is 0 Å². The summed E-state index contributed by atoms with van der Waals surface area (Å²) in [7, 11) is 0. The normalized spacial score (nSPS) is 10.2. The highest BCUT2D eigenvalue weighted by Gasteiger charge is 2.14. The molecule has 0 aliphatic carbocycles. The first-order valence-corrected chi connectivity index (χ1v) is 4.78. The van der Waals surface area contributed by atoms with Crippen molar-refractivity contribution in [2.45, 2.75) is 33.2 Å². The predicted molar refractivity (Wildman–Crippen MR) is 52.6 cm³/mol. The van der Waals surface area contributed by atoms with Gasteiger partial charge in [0, 0.05) is 19.1 Å². The van der Waals surface area contributed by atoms with Crippen LogP contribution >= 0.6 is 0 Å². The Balaban J connectivity index is 3.96. The molecule has 4 heteroatoms. The highest BCUT2D eigenvalue weighted by Crippen LogP contribution is 1.97. The molecule has 0 saturated heterocycles. The average molecular weight is 188 g/mol. The van der Waals surface area contributed by atoms with Crippen molar-refractivity contribution in [1.29, 1.82) is 0 Å². The number of hydrogen-bond acceptors (Lipinski definition) is 2. The zero-order valence-corrected chi connectivity index (χ0v) is 8.71. The van der Waals surface area contributed by atoms with Crippen LogP contribution in [0.25, 0.3) is 0 Å². The topological polar surface area (TPSA) is 52.6 Å². The maximum absolute atomic E-state index is 11.4. The van der Waals surface area contributed by atoms with Crippen LogP contribution in [0.3, 0.4) is 0 Å². The van der Waals surface area contributed by atoms with Gasteiger partial charge in [-0.25, -0.2) is 4.79 Å². The third-order valence-electron chi connectivity index (χ3n) is 1.75. The summed E-state index contributed by atoms with van der Waals surface area (Å²) < 4.78 is 0. The Morgan fingerprint density at radius 1 is 1.54 bits per heavy atom. The van der Waals surface area contributed by atoms with Crippen molar-refractivity contribution < 1.29 is 9.90 Å². The molecular formula is C9H20N2O2. The van der Waals surface area contributed by atoms with Crippen LogP contribution in [0.1, 0.15) is 27.2 Å². The molecule has 4 nitrogen and oxygen atoms in total. The zero-order valence-electron chi connectivity index (χ0n) is 8.71. The summed E-state index contributed by atoms with van der Waals surface area (Å²) in [6.45, 7) is 6.97. The Bertz CT molecular complexity index is 149. The van der Waals surface area contributed by atoms with E-state index in [0.717, 1.165) is 6.42 Å². The van der Waals surface area contributed by atoms with Gasteiger partial charge >= 0.3 is 6.03 Å². The summed E-state index contributed by atoms with van der Waals surface area (Å²) in [6, 6.07) is 0.0370. The summed E-state index contributed by atoms with van der Waals surface area (Å²) in [4.78, 5) is 13.1. The minimum Gasteiger partial charge on any atom is -0.395 e. The van der Waals surface area contributed by atoms with Crippen molar-refractivity contribution in [2.24, 2.45) is 0 Å². The highest BCUT2D eigenvalue weighted by atomic mass is 16.3. The minimum absolute atomic E-state index is 0.0116. The van der Waals surface area contributed by atoms with Gasteiger partial charge in [-0.1, -0.05) is 6.92 Å². The Kier molecular flexibility index (Phi) is 6.32. The maximum Gasteiger partial charge on any atom is 0.317 e. The second-order valence-corrected chi connectivity index (χ2v) is 3.24. The molecule has 0 aromatic carbocycles. The fraction of sp³-hybridized carbons (Fsp3) is 0.889. The van der Waals surface area contributed by atoms with Gasteiger partial charge in [-0.3, -0.25) is 0 Å². The molecule has 0 fully saturated rings. The van der Waals surface area contributed by atoms with E-state index >= 15 is 0 Å². The number of nitrogens with zero attached hydrogens (tertiary/aromatic N) is 1. The number of hydrogen-bond donors (Lipinski definition) is 2. The summed E-state index contributed by atoms with van der Waals surface area (Å²) in [6.07, 6.45) is 0.927. The van der Waals surface area contributed by atoms with E-state index in [1.54, 1.807) is 4.90 Å². The summed E-state index contributed by atoms with van der Waals surface area (Å²) >= 11 is 0. The summed E-state index contributed by atoms with van der Waals surface area (Å²) in [5.74, 6) is 0. The van der Waals surface area contributed by atoms with E-state index in [9.17, 15) is 4.79 Å². The Morgan fingerprint density at radius 3 is 2.54 bits per heavy atom. The van der Waals surface area contributed by atoms with Crippen LogP contribution in [0.15, 0.2) is 0 Å². The molecule has 0 aromatic heterocycles. The molecule has 0 atom stereocenters. The molecule has 2 N–H and O–H groups in total. The van der Waals surface area contributed by atoms with Crippen LogP contribution in [0.4, 0.5) is 4.79 Å². The lowest BCUT2D eigenvalue weighted by molar-refractivity contribution is 0.161. The largest absolute Gasteiger partial charge is 0.395 e. The molecule has 0 aliphatic heterocycles. The molecule has 0 radical (unpaired) electrons. The number of nitrogens with one attached hydrogen (secondary N) is 1. The van der Waals surface area contributed by atoms with Gasteiger partial charge in [0.25, 0.3) is 0 Å². The van der Waals surface area contributed by atoms with E-state index in [0.29, 0.717) is 13.1 Å². The van der Waals surface area contributed by atoms with E-state index in [4.69, 9.17) is 5.11 Å². The molecule has 0 aliphatic rings. The van der Waals surface area contributed by atoms with E-state index in [2.05, 4.69) is 5.32 Å². The van der Waals surface area contributed by atoms with Crippen molar-refractivity contribution in [1.82, 2.24) is 10.2 Å². The number of amides is 2. The van der Waals surface area contributed by atoms with Crippen molar-refractivity contribution in [3.05, 3.63) is 0 Å². The monoisotopic (exact) mass is 188 g/mol. The molecule has 0 unspecified atom stereocenters. The van der Waals surface area contributed by atoms with Crippen LogP contribution in [0.2, 0.25) is 0 Å². The molecular weight excluding hydrogens is 168 g/mol. The average Bonchev–Trinajstić information content (AvgIpc) is 2.09. The fourth-order valence-electron chi connectivity index (χ4n) is 1.04. The first kappa shape index (κ1) is 12.2. The molecule has 0 bridgehead atoms. The van der Waals surface area contributed by atoms with Gasteiger partial charge in [-0.05, 0) is 20.3 Å². The van der Waals surface area contributed by atoms with E-state index < -0.39 is 0 Å². The fourth-order valence-corrected chi connectivity index (χ4v) is 1.04. The van der Waals surface area contributed by atoms with Crippen molar-refractivity contribution in [2.75, 3.05) is 19.7 Å². The lowest BCUT2D eigenvalue weighted by Gasteiger charge is -2.25. The molecule has 13 heavy (non-hydrogen) atoms. The SMILES string of the molecule is CCCNC(=O)N(CCO)C(C)C. The van der Waals surface area contributed by atoms with Crippen LogP contribution in [0, 0.1) is 0 Å². The molecule has 0 aromatic rings. The maximum atomic E-state index is 11.4. The van der Waals surface area contributed by atoms with Crippen LogP contribution < -0.4 is 5.32 Å². The first-order valence-electron chi connectivity index (χ1n) is 4.78. The molecule has 0 saturated carbocycles. The van der Waals surface area contributed by atoms with Crippen molar-refractivity contribution >= 4 is 6.03 Å². The van der Waals surface area contributed by atoms with Gasteiger partial charge in [-0.15, -0.1) is 0 Å². The minimum atomic E-state index is -0.0918. The van der Waals surface area contributed by atoms with Gasteiger partial charge < -0.3 is 15.3 Å². The standard InChI is InChI=1S/C9H20N2O2/c1-4-5-10-9(13)11(6-7-12)8(2)3/h8,12H,4-7H2,1-3H3,(H,10,13). The van der Waals surface area contributed by atoms with Gasteiger partial charge in [0.1, 0.15) is 0 Å². The van der Waals surface area contributed by atoms with Gasteiger partial charge in [0.05, 0.1) is 6.61 Å². The number of rotatable bonds is 5. The lowest BCUT2D eigenvalue weighted by atomic mass is 10.3. The molecule has 0 heterocycles. The van der Waals surface area contributed by atoms with Crippen molar-refractivity contribution in [3.8, 4) is 0 Å². The number of aliphatic hydroxyl groups is 1. The summed E-state index contributed by atoms with van der Waals surface area (Å²) in [5, 5.41) is 11.5.